The lowest BCUT2D eigenvalue weighted by Crippen LogP contribution is -2.10. The second kappa shape index (κ2) is 7.31. The Morgan fingerprint density at radius 2 is 1.65 bits per heavy atom. The molecule has 0 bridgehead atoms. The summed E-state index contributed by atoms with van der Waals surface area (Å²) in [5.74, 6) is 1.51. The van der Waals surface area contributed by atoms with E-state index in [-0.39, 0.29) is 5.56 Å². The molecule has 0 saturated heterocycles. The molecule has 0 fully saturated rings. The van der Waals surface area contributed by atoms with Gasteiger partial charge in [0.15, 0.2) is 11.5 Å². The van der Waals surface area contributed by atoms with Gasteiger partial charge < -0.3 is 19.4 Å². The van der Waals surface area contributed by atoms with Crippen molar-refractivity contribution in [1.29, 1.82) is 0 Å². The zero-order valence-corrected chi connectivity index (χ0v) is 15.2. The number of H-pyrrole nitrogens is 1. The van der Waals surface area contributed by atoms with Crippen LogP contribution in [0.1, 0.15) is 11.4 Å². The number of aromatic nitrogens is 2. The quantitative estimate of drug-likeness (QED) is 0.765. The molecule has 0 saturated carbocycles. The molecule has 0 radical (unpaired) electrons. The molecule has 3 aromatic rings. The highest BCUT2D eigenvalue weighted by atomic mass is 16.5. The lowest BCUT2D eigenvalue weighted by Gasteiger charge is -2.11. The molecule has 0 amide bonds. The van der Waals surface area contributed by atoms with E-state index in [1.54, 1.807) is 25.3 Å². The van der Waals surface area contributed by atoms with Crippen molar-refractivity contribution in [1.82, 2.24) is 9.97 Å². The van der Waals surface area contributed by atoms with Gasteiger partial charge in [-0.3, -0.25) is 4.79 Å². The van der Waals surface area contributed by atoms with Crippen LogP contribution in [0.2, 0.25) is 0 Å². The number of hydrogen-bond donors (Lipinski definition) is 1. The predicted molar refractivity (Wildman–Crippen MR) is 105 cm³/mol. The first-order chi connectivity index (χ1) is 12.5. The van der Waals surface area contributed by atoms with E-state index < -0.39 is 0 Å². The van der Waals surface area contributed by atoms with Crippen molar-refractivity contribution in [2.75, 3.05) is 33.2 Å². The second-order valence-electron chi connectivity index (χ2n) is 5.99. The predicted octanol–water partition coefficient (Wildman–Crippen LogP) is 3.18. The minimum Gasteiger partial charge on any atom is -0.493 e. The van der Waals surface area contributed by atoms with E-state index in [1.807, 2.05) is 49.3 Å². The molecule has 0 aliphatic carbocycles. The number of fused-ring (bicyclic) bond motifs is 1. The summed E-state index contributed by atoms with van der Waals surface area (Å²) in [7, 11) is 7.08. The first-order valence-corrected chi connectivity index (χ1v) is 8.13. The van der Waals surface area contributed by atoms with Gasteiger partial charge in [-0.25, -0.2) is 4.98 Å². The Morgan fingerprint density at radius 1 is 1.00 bits per heavy atom. The van der Waals surface area contributed by atoms with Crippen LogP contribution in [0.25, 0.3) is 23.1 Å². The third-order valence-electron chi connectivity index (χ3n) is 4.07. The highest BCUT2D eigenvalue weighted by Crippen LogP contribution is 2.30. The van der Waals surface area contributed by atoms with Crippen LogP contribution in [0.15, 0.2) is 41.2 Å². The molecule has 0 spiro atoms. The molecule has 0 aliphatic heterocycles. The number of benzene rings is 2. The molecule has 1 N–H and O–H groups in total. The summed E-state index contributed by atoms with van der Waals surface area (Å²) < 4.78 is 10.5. The maximum Gasteiger partial charge on any atom is 0.259 e. The summed E-state index contributed by atoms with van der Waals surface area (Å²) in [6, 6.07) is 11.4. The largest absolute Gasteiger partial charge is 0.493 e. The second-order valence-corrected chi connectivity index (χ2v) is 5.99. The van der Waals surface area contributed by atoms with Crippen molar-refractivity contribution in [3.63, 3.8) is 0 Å². The standard InChI is InChI=1S/C20H21N3O3/c1-23(2)14-8-5-13(6-9-14)7-10-19-21-16-12-18(26-4)17(25-3)11-15(16)20(24)22-19/h5-12H,1-4H3,(H,21,22,24)/b10-7+. The molecular weight excluding hydrogens is 330 g/mol. The Bertz CT molecular complexity index is 1010. The third-order valence-corrected chi connectivity index (χ3v) is 4.07. The van der Waals surface area contributed by atoms with E-state index in [9.17, 15) is 4.79 Å². The van der Waals surface area contributed by atoms with E-state index in [0.29, 0.717) is 28.2 Å². The fourth-order valence-corrected chi connectivity index (χ4v) is 2.62. The van der Waals surface area contributed by atoms with Gasteiger partial charge in [-0.15, -0.1) is 0 Å². The van der Waals surface area contributed by atoms with Gasteiger partial charge in [0.1, 0.15) is 5.82 Å². The Hall–Kier alpha value is -3.28. The molecule has 1 heterocycles. The smallest absolute Gasteiger partial charge is 0.259 e. The van der Waals surface area contributed by atoms with Gasteiger partial charge in [0.25, 0.3) is 5.56 Å². The first kappa shape index (κ1) is 17.5. The van der Waals surface area contributed by atoms with E-state index in [2.05, 4.69) is 9.97 Å². The van der Waals surface area contributed by atoms with Gasteiger partial charge in [-0.1, -0.05) is 18.2 Å². The van der Waals surface area contributed by atoms with Crippen molar-refractivity contribution in [2.45, 2.75) is 0 Å². The molecule has 3 rings (SSSR count). The van der Waals surface area contributed by atoms with Crippen LogP contribution >= 0.6 is 0 Å². The number of nitrogens with zero attached hydrogens (tertiary/aromatic N) is 2. The Morgan fingerprint density at radius 3 is 2.27 bits per heavy atom. The summed E-state index contributed by atoms with van der Waals surface area (Å²) >= 11 is 0. The molecule has 6 nitrogen and oxygen atoms in total. The van der Waals surface area contributed by atoms with Crippen molar-refractivity contribution < 1.29 is 9.47 Å². The maximum absolute atomic E-state index is 12.4. The number of anilines is 1. The van der Waals surface area contributed by atoms with Crippen molar-refractivity contribution in [2.24, 2.45) is 0 Å². The van der Waals surface area contributed by atoms with Crippen LogP contribution in [0.5, 0.6) is 11.5 Å². The summed E-state index contributed by atoms with van der Waals surface area (Å²) in [6.07, 6.45) is 3.69. The van der Waals surface area contributed by atoms with Gasteiger partial charge in [-0.2, -0.15) is 0 Å². The summed E-state index contributed by atoms with van der Waals surface area (Å²) in [5.41, 5.74) is 2.47. The van der Waals surface area contributed by atoms with Gasteiger partial charge in [-0.05, 0) is 29.8 Å². The van der Waals surface area contributed by atoms with E-state index in [0.717, 1.165) is 11.3 Å². The fraction of sp³-hybridized carbons (Fsp3) is 0.200. The van der Waals surface area contributed by atoms with Gasteiger partial charge in [0, 0.05) is 25.8 Å². The number of ether oxygens (including phenoxy) is 2. The number of aromatic amines is 1. The minimum absolute atomic E-state index is 0.224. The van der Waals surface area contributed by atoms with Crippen LogP contribution in [0.3, 0.4) is 0 Å². The number of nitrogens with one attached hydrogen (secondary N) is 1. The van der Waals surface area contributed by atoms with Crippen LogP contribution < -0.4 is 19.9 Å². The molecule has 1 aromatic heterocycles. The zero-order chi connectivity index (χ0) is 18.7. The third kappa shape index (κ3) is 3.54. The van der Waals surface area contributed by atoms with Crippen LogP contribution in [0.4, 0.5) is 5.69 Å². The topological polar surface area (TPSA) is 67.5 Å². The molecular formula is C20H21N3O3. The fourth-order valence-electron chi connectivity index (χ4n) is 2.62. The SMILES string of the molecule is COc1cc2nc(/C=C/c3ccc(N(C)C)cc3)[nH]c(=O)c2cc1OC. The van der Waals surface area contributed by atoms with Gasteiger partial charge >= 0.3 is 0 Å². The number of methoxy groups -OCH3 is 2. The normalized spacial score (nSPS) is 11.1. The average Bonchev–Trinajstić information content (AvgIpc) is 2.65. The van der Waals surface area contributed by atoms with E-state index in [4.69, 9.17) is 9.47 Å². The molecule has 6 heteroatoms. The molecule has 0 unspecified atom stereocenters. The van der Waals surface area contributed by atoms with Gasteiger partial charge in [0.2, 0.25) is 0 Å². The van der Waals surface area contributed by atoms with Crippen LogP contribution in [-0.4, -0.2) is 38.3 Å². The lowest BCUT2D eigenvalue weighted by atomic mass is 10.2. The highest BCUT2D eigenvalue weighted by molar-refractivity contribution is 5.83. The Kier molecular flexibility index (Phi) is 4.93. The van der Waals surface area contributed by atoms with Crippen LogP contribution in [-0.2, 0) is 0 Å². The maximum atomic E-state index is 12.4. The average molecular weight is 351 g/mol. The van der Waals surface area contributed by atoms with Gasteiger partial charge in [0.05, 0.1) is 25.1 Å². The summed E-state index contributed by atoms with van der Waals surface area (Å²) in [6.45, 7) is 0. The summed E-state index contributed by atoms with van der Waals surface area (Å²) in [5, 5.41) is 0.454. The molecule has 26 heavy (non-hydrogen) atoms. The monoisotopic (exact) mass is 351 g/mol. The molecule has 134 valence electrons. The molecule has 0 atom stereocenters. The highest BCUT2D eigenvalue weighted by Gasteiger charge is 2.10. The summed E-state index contributed by atoms with van der Waals surface area (Å²) in [4.78, 5) is 21.7. The Balaban J connectivity index is 1.96. The lowest BCUT2D eigenvalue weighted by molar-refractivity contribution is 0.355. The Labute approximate surface area is 151 Å². The first-order valence-electron chi connectivity index (χ1n) is 8.13. The molecule has 0 aliphatic rings. The van der Waals surface area contributed by atoms with E-state index in [1.165, 1.54) is 7.11 Å². The van der Waals surface area contributed by atoms with Crippen molar-refractivity contribution in [3.8, 4) is 11.5 Å². The molecule has 2 aromatic carbocycles. The number of hydrogen-bond acceptors (Lipinski definition) is 5. The minimum atomic E-state index is -0.224. The van der Waals surface area contributed by atoms with Crippen molar-refractivity contribution >= 4 is 28.7 Å². The zero-order valence-electron chi connectivity index (χ0n) is 15.2. The van der Waals surface area contributed by atoms with Crippen molar-refractivity contribution in [3.05, 3.63) is 58.1 Å². The van der Waals surface area contributed by atoms with E-state index >= 15 is 0 Å². The number of rotatable bonds is 5. The van der Waals surface area contributed by atoms with Crippen LogP contribution in [0, 0.1) is 0 Å².